The molecule has 0 fully saturated rings. The maximum Gasteiger partial charge on any atom is 0.366 e. The number of rotatable bonds is 7. The summed E-state index contributed by atoms with van der Waals surface area (Å²) in [5, 5.41) is 13.7. The van der Waals surface area contributed by atoms with E-state index >= 15 is 0 Å². The van der Waals surface area contributed by atoms with Gasteiger partial charge in [-0.15, -0.1) is 0 Å². The van der Waals surface area contributed by atoms with E-state index in [-0.39, 0.29) is 18.1 Å². The summed E-state index contributed by atoms with van der Waals surface area (Å²) in [6.45, 7) is 3.81. The SMILES string of the molecule is CCOc1ccc(NC(=O)CN2C(=O)C(CC)Oc3ccc([N+](=O)[O-])nc32)cc1. The van der Waals surface area contributed by atoms with Crippen LogP contribution < -0.4 is 19.7 Å². The molecule has 3 rings (SSSR count). The average molecular weight is 400 g/mol. The third kappa shape index (κ3) is 4.42. The van der Waals surface area contributed by atoms with E-state index in [0.717, 1.165) is 4.90 Å². The van der Waals surface area contributed by atoms with Crippen LogP contribution >= 0.6 is 0 Å². The summed E-state index contributed by atoms with van der Waals surface area (Å²) in [4.78, 5) is 40.6. The summed E-state index contributed by atoms with van der Waals surface area (Å²) >= 11 is 0. The molecular formula is C19H20N4O6. The Balaban J connectivity index is 1.80. The van der Waals surface area contributed by atoms with Gasteiger partial charge in [-0.05, 0) is 53.6 Å². The second-order valence-corrected chi connectivity index (χ2v) is 6.19. The molecule has 10 nitrogen and oxygen atoms in total. The van der Waals surface area contributed by atoms with Crippen molar-refractivity contribution in [3.05, 3.63) is 46.5 Å². The van der Waals surface area contributed by atoms with E-state index in [2.05, 4.69) is 10.3 Å². The average Bonchev–Trinajstić information content (AvgIpc) is 2.71. The minimum Gasteiger partial charge on any atom is -0.494 e. The number of hydrogen-bond donors (Lipinski definition) is 1. The molecule has 1 atom stereocenters. The van der Waals surface area contributed by atoms with Crippen molar-refractivity contribution in [1.82, 2.24) is 4.98 Å². The fourth-order valence-electron chi connectivity index (χ4n) is 2.85. The number of nitrogens with zero attached hydrogens (tertiary/aromatic N) is 3. The van der Waals surface area contributed by atoms with E-state index in [9.17, 15) is 19.7 Å². The normalized spacial score (nSPS) is 15.3. The van der Waals surface area contributed by atoms with Crippen molar-refractivity contribution in [2.75, 3.05) is 23.4 Å². The highest BCUT2D eigenvalue weighted by Crippen LogP contribution is 2.34. The van der Waals surface area contributed by atoms with E-state index in [4.69, 9.17) is 9.47 Å². The van der Waals surface area contributed by atoms with E-state index in [1.165, 1.54) is 12.1 Å². The molecule has 0 bridgehead atoms. The van der Waals surface area contributed by atoms with Crippen molar-refractivity contribution in [2.24, 2.45) is 0 Å². The molecule has 2 amide bonds. The Morgan fingerprint density at radius 1 is 1.28 bits per heavy atom. The third-order valence-electron chi connectivity index (χ3n) is 4.20. The molecule has 1 aromatic carbocycles. The fraction of sp³-hybridized carbons (Fsp3) is 0.316. The molecule has 1 aliphatic rings. The van der Waals surface area contributed by atoms with Crippen molar-refractivity contribution >= 4 is 29.1 Å². The Labute approximate surface area is 166 Å². The zero-order chi connectivity index (χ0) is 21.0. The van der Waals surface area contributed by atoms with Gasteiger partial charge in [-0.2, -0.15) is 0 Å². The first-order valence-electron chi connectivity index (χ1n) is 9.09. The van der Waals surface area contributed by atoms with Gasteiger partial charge in [0.05, 0.1) is 6.61 Å². The first kappa shape index (κ1) is 20.1. The molecule has 2 aromatic rings. The Kier molecular flexibility index (Phi) is 5.91. The second kappa shape index (κ2) is 8.55. The van der Waals surface area contributed by atoms with Crippen LogP contribution in [0.2, 0.25) is 0 Å². The number of nitrogens with one attached hydrogen (secondary N) is 1. The van der Waals surface area contributed by atoms with Gasteiger partial charge in [0.15, 0.2) is 11.9 Å². The molecular weight excluding hydrogens is 380 g/mol. The number of pyridine rings is 1. The smallest absolute Gasteiger partial charge is 0.366 e. The standard InChI is InChI=1S/C19H20N4O6/c1-3-14-19(25)22(18-15(29-14)9-10-16(21-18)23(26)27)11-17(24)20-12-5-7-13(8-6-12)28-4-2/h5-10,14H,3-4,11H2,1-2H3,(H,20,24). The first-order chi connectivity index (χ1) is 13.9. The predicted octanol–water partition coefficient (Wildman–Crippen LogP) is 2.53. The highest BCUT2D eigenvalue weighted by atomic mass is 16.6. The number of nitro groups is 1. The molecule has 29 heavy (non-hydrogen) atoms. The molecule has 152 valence electrons. The third-order valence-corrected chi connectivity index (χ3v) is 4.20. The largest absolute Gasteiger partial charge is 0.494 e. The Hall–Kier alpha value is -3.69. The first-order valence-corrected chi connectivity index (χ1v) is 9.09. The van der Waals surface area contributed by atoms with Gasteiger partial charge >= 0.3 is 5.82 Å². The number of hydrogen-bond acceptors (Lipinski definition) is 7. The van der Waals surface area contributed by atoms with Crippen LogP contribution in [0.25, 0.3) is 0 Å². The highest BCUT2D eigenvalue weighted by Gasteiger charge is 2.39. The topological polar surface area (TPSA) is 124 Å². The van der Waals surface area contributed by atoms with E-state index in [1.54, 1.807) is 31.2 Å². The van der Waals surface area contributed by atoms with Gasteiger partial charge in [-0.3, -0.25) is 14.5 Å². The van der Waals surface area contributed by atoms with Crippen LogP contribution in [0.15, 0.2) is 36.4 Å². The van der Waals surface area contributed by atoms with Crippen molar-refractivity contribution in [2.45, 2.75) is 26.4 Å². The lowest BCUT2D eigenvalue weighted by atomic mass is 10.2. The number of carbonyl (C=O) groups is 2. The number of anilines is 2. The van der Waals surface area contributed by atoms with Gasteiger partial charge in [0, 0.05) is 11.8 Å². The van der Waals surface area contributed by atoms with Crippen LogP contribution in [0.5, 0.6) is 11.5 Å². The quantitative estimate of drug-likeness (QED) is 0.559. The number of amides is 2. The van der Waals surface area contributed by atoms with E-state index in [1.807, 2.05) is 6.92 Å². The van der Waals surface area contributed by atoms with Gasteiger partial charge in [0.25, 0.3) is 11.7 Å². The molecule has 0 aliphatic carbocycles. The number of carbonyl (C=O) groups excluding carboxylic acids is 2. The van der Waals surface area contributed by atoms with Gasteiger partial charge in [-0.25, -0.2) is 0 Å². The zero-order valence-electron chi connectivity index (χ0n) is 16.0. The Morgan fingerprint density at radius 3 is 2.62 bits per heavy atom. The monoisotopic (exact) mass is 400 g/mol. The zero-order valence-corrected chi connectivity index (χ0v) is 16.0. The molecule has 1 aromatic heterocycles. The maximum absolute atomic E-state index is 12.7. The summed E-state index contributed by atoms with van der Waals surface area (Å²) in [5.74, 6) is -0.544. The number of aromatic nitrogens is 1. The molecule has 0 saturated heterocycles. The highest BCUT2D eigenvalue weighted by molar-refractivity contribution is 6.05. The van der Waals surface area contributed by atoms with Crippen LogP contribution in [-0.2, 0) is 9.59 Å². The molecule has 0 saturated carbocycles. The van der Waals surface area contributed by atoms with Crippen molar-refractivity contribution in [3.63, 3.8) is 0 Å². The van der Waals surface area contributed by atoms with Gasteiger partial charge in [0.1, 0.15) is 12.3 Å². The lowest BCUT2D eigenvalue weighted by molar-refractivity contribution is -0.389. The van der Waals surface area contributed by atoms with Crippen molar-refractivity contribution in [1.29, 1.82) is 0 Å². The van der Waals surface area contributed by atoms with Crippen molar-refractivity contribution < 1.29 is 24.0 Å². The van der Waals surface area contributed by atoms with E-state index in [0.29, 0.717) is 24.5 Å². The maximum atomic E-state index is 12.7. The summed E-state index contributed by atoms with van der Waals surface area (Å²) in [5.41, 5.74) is 0.526. The van der Waals surface area contributed by atoms with E-state index < -0.39 is 28.7 Å². The lowest BCUT2D eigenvalue weighted by Gasteiger charge is -2.30. The Bertz CT molecular complexity index is 931. The molecule has 1 aliphatic heterocycles. The lowest BCUT2D eigenvalue weighted by Crippen LogP contribution is -2.49. The molecule has 0 radical (unpaired) electrons. The van der Waals surface area contributed by atoms with Crippen LogP contribution in [0.4, 0.5) is 17.3 Å². The molecule has 2 heterocycles. The van der Waals surface area contributed by atoms with Crippen LogP contribution in [0, 0.1) is 10.1 Å². The minimum atomic E-state index is -0.788. The summed E-state index contributed by atoms with van der Waals surface area (Å²) < 4.78 is 10.9. The minimum absolute atomic E-state index is 0.0456. The van der Waals surface area contributed by atoms with Gasteiger partial charge in [0.2, 0.25) is 5.91 Å². The molecule has 1 unspecified atom stereocenters. The molecule has 0 spiro atoms. The number of benzene rings is 1. The molecule has 10 heteroatoms. The molecule has 1 N–H and O–H groups in total. The van der Waals surface area contributed by atoms with Crippen LogP contribution in [-0.4, -0.2) is 41.0 Å². The second-order valence-electron chi connectivity index (χ2n) is 6.19. The summed E-state index contributed by atoms with van der Waals surface area (Å²) in [7, 11) is 0. The summed E-state index contributed by atoms with van der Waals surface area (Å²) in [6.07, 6.45) is -0.407. The van der Waals surface area contributed by atoms with Gasteiger partial charge in [-0.1, -0.05) is 6.92 Å². The summed E-state index contributed by atoms with van der Waals surface area (Å²) in [6, 6.07) is 9.36. The number of ether oxygens (including phenoxy) is 2. The van der Waals surface area contributed by atoms with Gasteiger partial charge < -0.3 is 24.9 Å². The van der Waals surface area contributed by atoms with Crippen LogP contribution in [0.1, 0.15) is 20.3 Å². The number of fused-ring (bicyclic) bond motifs is 1. The van der Waals surface area contributed by atoms with Crippen molar-refractivity contribution in [3.8, 4) is 11.5 Å². The predicted molar refractivity (Wildman–Crippen MR) is 104 cm³/mol. The fourth-order valence-corrected chi connectivity index (χ4v) is 2.85. The van der Waals surface area contributed by atoms with Crippen LogP contribution in [0.3, 0.4) is 0 Å². The Morgan fingerprint density at radius 2 is 2.00 bits per heavy atom.